The van der Waals surface area contributed by atoms with Crippen molar-refractivity contribution in [3.05, 3.63) is 91.0 Å². The molecule has 25 heavy (non-hydrogen) atoms. The largest absolute Gasteiger partial charge is 0.377 e. The van der Waals surface area contributed by atoms with Crippen LogP contribution in [0.1, 0.15) is 26.7 Å². The molecule has 2 heteroatoms. The van der Waals surface area contributed by atoms with Crippen LogP contribution >= 0.6 is 7.14 Å². The van der Waals surface area contributed by atoms with Crippen molar-refractivity contribution in [2.24, 2.45) is 0 Å². The molecule has 0 nitrogen and oxygen atoms in total. The molecule has 3 aromatic carbocycles. The SMILES string of the molecule is CCCC(C)[B][P+](c1ccccc1)(c1ccccc1)c1ccccc1. The second-order valence-electron chi connectivity index (χ2n) is 6.64. The quantitative estimate of drug-likeness (QED) is 0.408. The normalized spacial score (nSPS) is 12.6. The first-order chi connectivity index (χ1) is 12.3. The number of rotatable bonds is 7. The second kappa shape index (κ2) is 8.50. The van der Waals surface area contributed by atoms with Crippen LogP contribution in [0.2, 0.25) is 5.82 Å². The van der Waals surface area contributed by atoms with E-state index in [1.165, 1.54) is 28.8 Å². The first-order valence-corrected chi connectivity index (χ1v) is 11.0. The highest BCUT2D eigenvalue weighted by atomic mass is 31.2. The van der Waals surface area contributed by atoms with Crippen LogP contribution in [0.25, 0.3) is 0 Å². The molecule has 0 amide bonds. The fourth-order valence-electron chi connectivity index (χ4n) is 3.61. The average molecular weight is 344 g/mol. The van der Waals surface area contributed by atoms with Gasteiger partial charge in [-0.25, -0.2) is 0 Å². The van der Waals surface area contributed by atoms with Gasteiger partial charge < -0.3 is 0 Å². The van der Waals surface area contributed by atoms with E-state index in [1.807, 2.05) is 0 Å². The lowest BCUT2D eigenvalue weighted by atomic mass is 9.84. The molecule has 1 atom stereocenters. The molecule has 0 heterocycles. The predicted octanol–water partition coefficient (Wildman–Crippen LogP) is 5.21. The Bertz CT molecular complexity index is 659. The zero-order chi connectivity index (χ0) is 17.5. The van der Waals surface area contributed by atoms with Gasteiger partial charge in [0.15, 0.2) is 0 Å². The van der Waals surface area contributed by atoms with E-state index in [4.69, 9.17) is 0 Å². The summed E-state index contributed by atoms with van der Waals surface area (Å²) in [5, 5.41) is 4.32. The van der Waals surface area contributed by atoms with Crippen LogP contribution in [0.5, 0.6) is 0 Å². The zero-order valence-electron chi connectivity index (χ0n) is 15.2. The zero-order valence-corrected chi connectivity index (χ0v) is 16.1. The van der Waals surface area contributed by atoms with Crippen molar-refractivity contribution in [3.8, 4) is 0 Å². The van der Waals surface area contributed by atoms with Crippen LogP contribution in [0.3, 0.4) is 0 Å². The van der Waals surface area contributed by atoms with E-state index in [1.54, 1.807) is 0 Å². The highest BCUT2D eigenvalue weighted by Crippen LogP contribution is 2.56. The van der Waals surface area contributed by atoms with Gasteiger partial charge in [0.1, 0.15) is 0 Å². The predicted molar refractivity (Wildman–Crippen MR) is 115 cm³/mol. The topological polar surface area (TPSA) is 0 Å². The second-order valence-corrected chi connectivity index (χ2v) is 9.94. The molecule has 3 aromatic rings. The maximum Gasteiger partial charge on any atom is 0.377 e. The van der Waals surface area contributed by atoms with Crippen LogP contribution in [0.4, 0.5) is 0 Å². The summed E-state index contributed by atoms with van der Waals surface area (Å²) in [6.07, 6.45) is 2.45. The summed E-state index contributed by atoms with van der Waals surface area (Å²) in [6.45, 7) is 7.31. The summed E-state index contributed by atoms with van der Waals surface area (Å²) in [6, 6.07) is 33.2. The van der Waals surface area contributed by atoms with Gasteiger partial charge in [-0.1, -0.05) is 81.3 Å². The Hall–Kier alpha value is -1.85. The lowest BCUT2D eigenvalue weighted by Crippen LogP contribution is -2.36. The molecule has 0 N–H and O–H groups in total. The van der Waals surface area contributed by atoms with Crippen LogP contribution in [0, 0.1) is 0 Å². The fraction of sp³-hybridized carbons (Fsp3) is 0.217. The number of hydrogen-bond acceptors (Lipinski definition) is 0. The lowest BCUT2D eigenvalue weighted by Gasteiger charge is -2.29. The molecular weight excluding hydrogens is 318 g/mol. The van der Waals surface area contributed by atoms with Gasteiger partial charge in [0.2, 0.25) is 0 Å². The van der Waals surface area contributed by atoms with E-state index in [-0.39, 0.29) is 0 Å². The van der Waals surface area contributed by atoms with E-state index < -0.39 is 7.14 Å². The fourth-order valence-corrected chi connectivity index (χ4v) is 7.86. The van der Waals surface area contributed by atoms with Crippen molar-refractivity contribution < 1.29 is 0 Å². The van der Waals surface area contributed by atoms with Crippen molar-refractivity contribution >= 4 is 30.1 Å². The molecule has 0 bridgehead atoms. The van der Waals surface area contributed by atoms with Crippen molar-refractivity contribution in [1.29, 1.82) is 0 Å². The molecule has 1 unspecified atom stereocenters. The molecule has 0 saturated heterocycles. The molecule has 125 valence electrons. The van der Waals surface area contributed by atoms with Gasteiger partial charge in [0.05, 0.1) is 23.1 Å². The Kier molecular flexibility index (Phi) is 6.11. The Morgan fingerprint density at radius 3 is 1.36 bits per heavy atom. The molecular formula is C23H26BP+. The van der Waals surface area contributed by atoms with Gasteiger partial charge in [0, 0.05) is 0 Å². The molecule has 0 fully saturated rings. The number of hydrogen-bond donors (Lipinski definition) is 0. The summed E-state index contributed by atoms with van der Waals surface area (Å²) >= 11 is 0. The van der Waals surface area contributed by atoms with Gasteiger partial charge in [-0.2, -0.15) is 0 Å². The third-order valence-corrected chi connectivity index (χ3v) is 9.01. The molecule has 1 radical (unpaired) electrons. The van der Waals surface area contributed by atoms with Crippen LogP contribution < -0.4 is 15.9 Å². The molecule has 0 saturated carbocycles. The molecule has 0 aliphatic rings. The lowest BCUT2D eigenvalue weighted by molar-refractivity contribution is 0.767. The number of benzene rings is 3. The first kappa shape index (κ1) is 18.0. The van der Waals surface area contributed by atoms with Crippen molar-refractivity contribution in [2.75, 3.05) is 0 Å². The maximum atomic E-state index is 2.66. The highest BCUT2D eigenvalue weighted by Gasteiger charge is 2.47. The van der Waals surface area contributed by atoms with Gasteiger partial charge >= 0.3 is 7.00 Å². The molecule has 0 aliphatic heterocycles. The molecule has 0 spiro atoms. The van der Waals surface area contributed by atoms with E-state index in [0.717, 1.165) is 0 Å². The standard InChI is InChI=1S/C23H26BP/c1-3-13-20(2)24-25(21-14-7-4-8-15-21,22-16-9-5-10-17-22)23-18-11-6-12-19-23/h4-12,14-20H,3,13H2,1-2H3/q+1. The van der Waals surface area contributed by atoms with Crippen molar-refractivity contribution in [1.82, 2.24) is 0 Å². The summed E-state index contributed by atoms with van der Waals surface area (Å²) in [4.78, 5) is 0. The first-order valence-electron chi connectivity index (χ1n) is 9.19. The third-order valence-electron chi connectivity index (χ3n) is 4.71. The smallest absolute Gasteiger partial charge is 0.0657 e. The summed E-state index contributed by atoms with van der Waals surface area (Å²) in [7, 11) is -1.76. The van der Waals surface area contributed by atoms with Crippen molar-refractivity contribution in [3.63, 3.8) is 0 Å². The van der Waals surface area contributed by atoms with Crippen LogP contribution in [0.15, 0.2) is 91.0 Å². The minimum absolute atomic E-state index is 0.582. The Morgan fingerprint density at radius 1 is 0.680 bits per heavy atom. The van der Waals surface area contributed by atoms with E-state index in [9.17, 15) is 0 Å². The van der Waals surface area contributed by atoms with E-state index in [2.05, 4.69) is 112 Å². The molecule has 0 aliphatic carbocycles. The van der Waals surface area contributed by atoms with Crippen LogP contribution in [-0.2, 0) is 0 Å². The van der Waals surface area contributed by atoms with Crippen molar-refractivity contribution in [2.45, 2.75) is 32.5 Å². The Morgan fingerprint density at radius 2 is 1.04 bits per heavy atom. The van der Waals surface area contributed by atoms with E-state index in [0.29, 0.717) is 5.82 Å². The summed E-state index contributed by atoms with van der Waals surface area (Å²) in [5.74, 6) is 0.582. The maximum absolute atomic E-state index is 2.66. The van der Waals surface area contributed by atoms with E-state index >= 15 is 0 Å². The monoisotopic (exact) mass is 344 g/mol. The van der Waals surface area contributed by atoms with Gasteiger partial charge in [0.25, 0.3) is 0 Å². The minimum atomic E-state index is -1.76. The third kappa shape index (κ3) is 3.88. The average Bonchev–Trinajstić information content (AvgIpc) is 2.68. The van der Waals surface area contributed by atoms with Crippen LogP contribution in [-0.4, -0.2) is 7.00 Å². The Labute approximate surface area is 153 Å². The summed E-state index contributed by atoms with van der Waals surface area (Å²) < 4.78 is 0. The molecule has 0 aromatic heterocycles. The van der Waals surface area contributed by atoms with Gasteiger partial charge in [-0.05, 0) is 42.2 Å². The summed E-state index contributed by atoms with van der Waals surface area (Å²) in [5.41, 5.74) is 0. The Balaban J connectivity index is 2.24. The minimum Gasteiger partial charge on any atom is -0.0657 e. The van der Waals surface area contributed by atoms with Gasteiger partial charge in [-0.3, -0.25) is 0 Å². The molecule has 3 rings (SSSR count). The van der Waals surface area contributed by atoms with Gasteiger partial charge in [-0.15, -0.1) is 0 Å². The highest BCUT2D eigenvalue weighted by molar-refractivity contribution is 8.16.